The summed E-state index contributed by atoms with van der Waals surface area (Å²) in [5.41, 5.74) is -2.03. The number of carboxylic acid groups (broad SMARTS) is 1. The summed E-state index contributed by atoms with van der Waals surface area (Å²) in [5, 5.41) is 9.67. The fourth-order valence-corrected chi connectivity index (χ4v) is 2.88. The first-order valence-corrected chi connectivity index (χ1v) is 7.78. The molecule has 134 valence electrons. The fourth-order valence-electron chi connectivity index (χ4n) is 2.88. The predicted molar refractivity (Wildman–Crippen MR) is 90.3 cm³/mol. The highest BCUT2D eigenvalue weighted by atomic mass is 19.4. The lowest BCUT2D eigenvalue weighted by Crippen LogP contribution is -2.15. The van der Waals surface area contributed by atoms with Gasteiger partial charge in [-0.2, -0.15) is 13.2 Å². The molecule has 0 aliphatic heterocycles. The second kappa shape index (κ2) is 6.67. The van der Waals surface area contributed by atoms with E-state index in [2.05, 4.69) is 4.98 Å². The van der Waals surface area contributed by atoms with Crippen molar-refractivity contribution in [3.63, 3.8) is 0 Å². The Kier molecular flexibility index (Phi) is 4.54. The lowest BCUT2D eigenvalue weighted by atomic mass is 9.91. The third kappa shape index (κ3) is 3.20. The number of carboxylic acids is 1. The van der Waals surface area contributed by atoms with E-state index < -0.39 is 23.3 Å². The van der Waals surface area contributed by atoms with Crippen LogP contribution in [0.5, 0.6) is 5.75 Å². The summed E-state index contributed by atoms with van der Waals surface area (Å²) >= 11 is 0. The van der Waals surface area contributed by atoms with Gasteiger partial charge in [-0.1, -0.05) is 18.2 Å². The summed E-state index contributed by atoms with van der Waals surface area (Å²) < 4.78 is 46.8. The molecule has 3 aromatic rings. The van der Waals surface area contributed by atoms with E-state index in [0.717, 1.165) is 6.07 Å². The van der Waals surface area contributed by atoms with Gasteiger partial charge in [0.1, 0.15) is 5.75 Å². The van der Waals surface area contributed by atoms with Crippen LogP contribution in [0.2, 0.25) is 0 Å². The first kappa shape index (κ1) is 17.7. The molecule has 0 radical (unpaired) electrons. The van der Waals surface area contributed by atoms with Crippen LogP contribution >= 0.6 is 0 Å². The number of benzene rings is 2. The summed E-state index contributed by atoms with van der Waals surface area (Å²) in [6.45, 7) is 2.11. The monoisotopic (exact) mass is 361 g/mol. The molecular weight excluding hydrogens is 347 g/mol. The van der Waals surface area contributed by atoms with Crippen molar-refractivity contribution in [1.29, 1.82) is 0 Å². The van der Waals surface area contributed by atoms with Crippen molar-refractivity contribution in [1.82, 2.24) is 4.98 Å². The summed E-state index contributed by atoms with van der Waals surface area (Å²) in [7, 11) is 0. The number of pyridine rings is 1. The number of aromatic nitrogens is 1. The zero-order chi connectivity index (χ0) is 18.9. The molecule has 0 saturated heterocycles. The second-order valence-corrected chi connectivity index (χ2v) is 5.51. The minimum atomic E-state index is -4.86. The predicted octanol–water partition coefficient (Wildman–Crippen LogP) is 5.02. The quantitative estimate of drug-likeness (QED) is 0.709. The average Bonchev–Trinajstić information content (AvgIpc) is 2.59. The molecule has 1 N–H and O–H groups in total. The minimum absolute atomic E-state index is 0.0819. The van der Waals surface area contributed by atoms with Gasteiger partial charge in [0.15, 0.2) is 0 Å². The number of carbonyl (C=O) groups is 1. The first-order chi connectivity index (χ1) is 12.3. The molecule has 0 spiro atoms. The molecule has 0 bridgehead atoms. The molecule has 0 aliphatic carbocycles. The highest BCUT2D eigenvalue weighted by Crippen LogP contribution is 2.43. The Bertz CT molecular complexity index is 983. The maximum Gasteiger partial charge on any atom is 0.417 e. The van der Waals surface area contributed by atoms with E-state index in [1.54, 1.807) is 25.1 Å². The van der Waals surface area contributed by atoms with Crippen molar-refractivity contribution >= 4 is 16.9 Å². The van der Waals surface area contributed by atoms with Crippen LogP contribution in [0.15, 0.2) is 48.7 Å². The number of aromatic carboxylic acids is 1. The zero-order valence-corrected chi connectivity index (χ0v) is 13.7. The number of rotatable bonds is 4. The van der Waals surface area contributed by atoms with E-state index in [0.29, 0.717) is 17.7 Å². The number of hydrogen-bond donors (Lipinski definition) is 1. The highest BCUT2D eigenvalue weighted by molar-refractivity contribution is 6.03. The summed E-state index contributed by atoms with van der Waals surface area (Å²) in [6.07, 6.45) is -3.49. The molecule has 26 heavy (non-hydrogen) atoms. The van der Waals surface area contributed by atoms with Gasteiger partial charge in [0, 0.05) is 17.1 Å². The van der Waals surface area contributed by atoms with Gasteiger partial charge in [-0.05, 0) is 36.8 Å². The number of fused-ring (bicyclic) bond motifs is 1. The molecule has 1 heterocycles. The van der Waals surface area contributed by atoms with Crippen LogP contribution in [0.25, 0.3) is 22.0 Å². The molecule has 0 fully saturated rings. The smallest absolute Gasteiger partial charge is 0.417 e. The number of nitrogens with zero attached hydrogens (tertiary/aromatic N) is 1. The Balaban J connectivity index is 2.45. The Morgan fingerprint density at radius 1 is 1.19 bits per heavy atom. The fraction of sp³-hybridized carbons (Fsp3) is 0.158. The third-order valence-electron chi connectivity index (χ3n) is 3.84. The Hall–Kier alpha value is -3.09. The third-order valence-corrected chi connectivity index (χ3v) is 3.84. The Morgan fingerprint density at radius 3 is 2.62 bits per heavy atom. The van der Waals surface area contributed by atoms with E-state index in [1.165, 1.54) is 24.4 Å². The Morgan fingerprint density at radius 2 is 1.96 bits per heavy atom. The lowest BCUT2D eigenvalue weighted by molar-refractivity contribution is -0.137. The Labute approximate surface area is 146 Å². The number of hydrogen-bond acceptors (Lipinski definition) is 3. The lowest BCUT2D eigenvalue weighted by Gasteiger charge is -2.18. The zero-order valence-electron chi connectivity index (χ0n) is 13.7. The molecule has 0 amide bonds. The van der Waals surface area contributed by atoms with E-state index in [-0.39, 0.29) is 16.6 Å². The van der Waals surface area contributed by atoms with Crippen LogP contribution in [-0.2, 0) is 6.18 Å². The van der Waals surface area contributed by atoms with E-state index in [1.807, 2.05) is 0 Å². The number of halogens is 3. The van der Waals surface area contributed by atoms with Crippen molar-refractivity contribution in [3.8, 4) is 16.9 Å². The van der Waals surface area contributed by atoms with Gasteiger partial charge >= 0.3 is 12.1 Å². The molecule has 1 aromatic heterocycles. The molecule has 7 heteroatoms. The van der Waals surface area contributed by atoms with Crippen LogP contribution < -0.4 is 4.74 Å². The van der Waals surface area contributed by atoms with Crippen molar-refractivity contribution < 1.29 is 27.8 Å². The van der Waals surface area contributed by atoms with Gasteiger partial charge in [-0.15, -0.1) is 0 Å². The van der Waals surface area contributed by atoms with Crippen molar-refractivity contribution in [3.05, 3.63) is 59.8 Å². The molecule has 4 nitrogen and oxygen atoms in total. The highest BCUT2D eigenvalue weighted by Gasteiger charge is 2.39. The topological polar surface area (TPSA) is 59.4 Å². The van der Waals surface area contributed by atoms with Gasteiger partial charge in [0.25, 0.3) is 0 Å². The molecular formula is C19H14F3NO3. The van der Waals surface area contributed by atoms with E-state index in [9.17, 15) is 23.1 Å². The van der Waals surface area contributed by atoms with Gasteiger partial charge in [-0.3, -0.25) is 4.98 Å². The first-order valence-electron chi connectivity index (χ1n) is 7.78. The maximum absolute atomic E-state index is 13.8. The van der Waals surface area contributed by atoms with Crippen LogP contribution in [0.3, 0.4) is 0 Å². The van der Waals surface area contributed by atoms with Gasteiger partial charge in [-0.25, -0.2) is 4.79 Å². The van der Waals surface area contributed by atoms with E-state index >= 15 is 0 Å². The maximum atomic E-state index is 13.8. The van der Waals surface area contributed by atoms with Crippen molar-refractivity contribution in [2.45, 2.75) is 13.1 Å². The second-order valence-electron chi connectivity index (χ2n) is 5.51. The van der Waals surface area contributed by atoms with Gasteiger partial charge < -0.3 is 9.84 Å². The normalized spacial score (nSPS) is 11.5. The number of ether oxygens (including phenoxy) is 1. The average molecular weight is 361 g/mol. The van der Waals surface area contributed by atoms with Crippen LogP contribution in [0.4, 0.5) is 13.2 Å². The molecule has 0 saturated carbocycles. The van der Waals surface area contributed by atoms with Crippen LogP contribution in [-0.4, -0.2) is 22.7 Å². The minimum Gasteiger partial charge on any atom is -0.494 e. The summed E-state index contributed by atoms with van der Waals surface area (Å²) in [4.78, 5) is 15.6. The van der Waals surface area contributed by atoms with Crippen molar-refractivity contribution in [2.24, 2.45) is 0 Å². The molecule has 0 unspecified atom stereocenters. The molecule has 0 atom stereocenters. The van der Waals surface area contributed by atoms with Gasteiger partial charge in [0.05, 0.1) is 23.3 Å². The molecule has 3 rings (SSSR count). The number of alkyl halides is 3. The van der Waals surface area contributed by atoms with Gasteiger partial charge in [0.2, 0.25) is 0 Å². The molecule has 2 aromatic carbocycles. The molecule has 0 aliphatic rings. The standard InChI is InChI=1S/C19H14F3NO3/c1-2-26-13-7-3-5-11(9-13)15-16(19(20,21)22)14(18(24)25)10-12-6-4-8-23-17(12)15/h3-10H,2H2,1H3,(H,24,25). The van der Waals surface area contributed by atoms with E-state index in [4.69, 9.17) is 4.74 Å². The summed E-state index contributed by atoms with van der Waals surface area (Å²) in [5.74, 6) is -1.26. The van der Waals surface area contributed by atoms with Crippen molar-refractivity contribution in [2.75, 3.05) is 6.61 Å². The van der Waals surface area contributed by atoms with Crippen LogP contribution in [0.1, 0.15) is 22.8 Å². The SMILES string of the molecule is CCOc1cccc(-c2c(C(F)(F)F)c(C(=O)O)cc3cccnc23)c1. The largest absolute Gasteiger partial charge is 0.494 e. The van der Waals surface area contributed by atoms with Crippen LogP contribution in [0, 0.1) is 0 Å². The summed E-state index contributed by atoms with van der Waals surface area (Å²) in [6, 6.07) is 10.2.